The molecule has 30 heavy (non-hydrogen) atoms. The number of hydrogen-bond donors (Lipinski definition) is 1. The molecule has 0 spiro atoms. The van der Waals surface area contributed by atoms with Crippen molar-refractivity contribution in [2.24, 2.45) is 0 Å². The van der Waals surface area contributed by atoms with E-state index < -0.39 is 11.5 Å². The largest absolute Gasteiger partial charge is 0.467 e. The number of furan rings is 1. The first-order valence-corrected chi connectivity index (χ1v) is 8.97. The summed E-state index contributed by atoms with van der Waals surface area (Å²) in [5.41, 5.74) is 6.21. The van der Waals surface area contributed by atoms with E-state index in [9.17, 15) is 4.79 Å². The summed E-state index contributed by atoms with van der Waals surface area (Å²) in [4.78, 5) is 26.0. The van der Waals surface area contributed by atoms with Gasteiger partial charge in [0.25, 0.3) is 0 Å². The molecule has 0 aliphatic rings. The fourth-order valence-electron chi connectivity index (χ4n) is 3.42. The third-order valence-corrected chi connectivity index (χ3v) is 5.00. The van der Waals surface area contributed by atoms with Crippen LogP contribution < -0.4 is 5.73 Å². The number of anilines is 1. The van der Waals surface area contributed by atoms with E-state index in [1.165, 1.54) is 22.6 Å². The van der Waals surface area contributed by atoms with Gasteiger partial charge in [-0.3, -0.25) is 4.98 Å². The van der Waals surface area contributed by atoms with E-state index in [-0.39, 0.29) is 5.95 Å². The van der Waals surface area contributed by atoms with Crippen LogP contribution >= 0.6 is 0 Å². The van der Waals surface area contributed by atoms with Crippen molar-refractivity contribution in [1.29, 1.82) is 0 Å². The number of carbonyl (C=O) groups excluding carboxylic acids is 1. The molecule has 1 unspecified atom stereocenters. The number of esters is 1. The van der Waals surface area contributed by atoms with E-state index in [1.807, 2.05) is 0 Å². The third-order valence-electron chi connectivity index (χ3n) is 5.00. The summed E-state index contributed by atoms with van der Waals surface area (Å²) in [6.07, 6.45) is 6.30. The van der Waals surface area contributed by atoms with Gasteiger partial charge in [-0.1, -0.05) is 6.07 Å². The molecule has 5 aromatic rings. The van der Waals surface area contributed by atoms with Gasteiger partial charge in [-0.15, -0.1) is 5.10 Å². The molecule has 0 aliphatic heterocycles. The van der Waals surface area contributed by atoms with Crippen LogP contribution in [0.15, 0.2) is 53.5 Å². The number of carbonyl (C=O) groups is 1. The van der Waals surface area contributed by atoms with Crippen LogP contribution in [-0.2, 0) is 15.1 Å². The lowest BCUT2D eigenvalue weighted by Crippen LogP contribution is -2.42. The molecule has 5 aromatic heterocycles. The van der Waals surface area contributed by atoms with E-state index >= 15 is 0 Å². The van der Waals surface area contributed by atoms with Gasteiger partial charge in [-0.25, -0.2) is 14.5 Å². The standard InChI is InChI=1S/C19H16N8O3/c1-19(17(28)29-2,11-5-3-7-21-9-11)27-16-12(10-22-27)15-23-14(13-6-4-8-30-13)25-26(15)18(20)24-16/h3-10H,1-2H3,(H2,20,24). The highest BCUT2D eigenvalue weighted by Gasteiger charge is 2.41. The predicted molar refractivity (Wildman–Crippen MR) is 105 cm³/mol. The average Bonchev–Trinajstić information content (AvgIpc) is 3.51. The number of nitrogens with two attached hydrogens (primary N) is 1. The summed E-state index contributed by atoms with van der Waals surface area (Å²) in [6, 6.07) is 6.99. The number of pyridine rings is 1. The van der Waals surface area contributed by atoms with Gasteiger partial charge in [0.15, 0.2) is 22.6 Å². The summed E-state index contributed by atoms with van der Waals surface area (Å²) in [5, 5.41) is 9.38. The van der Waals surface area contributed by atoms with Crippen molar-refractivity contribution in [3.05, 3.63) is 54.7 Å². The number of ether oxygens (including phenoxy) is 1. The van der Waals surface area contributed by atoms with Crippen molar-refractivity contribution in [3.63, 3.8) is 0 Å². The Bertz CT molecular complexity index is 1370. The van der Waals surface area contributed by atoms with Crippen molar-refractivity contribution < 1.29 is 13.9 Å². The van der Waals surface area contributed by atoms with Crippen LogP contribution in [0.2, 0.25) is 0 Å². The van der Waals surface area contributed by atoms with Gasteiger partial charge in [-0.2, -0.15) is 14.6 Å². The maximum atomic E-state index is 12.9. The minimum Gasteiger partial charge on any atom is -0.467 e. The molecule has 2 N–H and O–H groups in total. The molecule has 0 bridgehead atoms. The first kappa shape index (κ1) is 17.8. The highest BCUT2D eigenvalue weighted by Crippen LogP contribution is 2.31. The molecular formula is C19H16N8O3. The molecule has 0 saturated carbocycles. The lowest BCUT2D eigenvalue weighted by atomic mass is 9.93. The van der Waals surface area contributed by atoms with Gasteiger partial charge in [-0.05, 0) is 25.1 Å². The zero-order valence-electron chi connectivity index (χ0n) is 16.1. The van der Waals surface area contributed by atoms with E-state index in [1.54, 1.807) is 49.8 Å². The van der Waals surface area contributed by atoms with Gasteiger partial charge < -0.3 is 14.9 Å². The first-order valence-electron chi connectivity index (χ1n) is 8.97. The van der Waals surface area contributed by atoms with Gasteiger partial charge >= 0.3 is 5.97 Å². The summed E-state index contributed by atoms with van der Waals surface area (Å²) in [6.45, 7) is 1.68. The predicted octanol–water partition coefficient (Wildman–Crippen LogP) is 1.65. The molecule has 0 amide bonds. The smallest absolute Gasteiger partial charge is 0.338 e. The van der Waals surface area contributed by atoms with Crippen LogP contribution in [0.4, 0.5) is 5.95 Å². The monoisotopic (exact) mass is 404 g/mol. The topological polar surface area (TPSA) is 139 Å². The zero-order valence-corrected chi connectivity index (χ0v) is 16.1. The second-order valence-electron chi connectivity index (χ2n) is 6.72. The van der Waals surface area contributed by atoms with Crippen LogP contribution in [0.1, 0.15) is 12.5 Å². The van der Waals surface area contributed by atoms with Crippen LogP contribution in [0.25, 0.3) is 28.3 Å². The van der Waals surface area contributed by atoms with Crippen molar-refractivity contribution in [2.45, 2.75) is 12.5 Å². The van der Waals surface area contributed by atoms with Crippen molar-refractivity contribution in [2.75, 3.05) is 12.8 Å². The Balaban J connectivity index is 1.79. The molecule has 0 saturated heterocycles. The Morgan fingerprint density at radius 1 is 1.20 bits per heavy atom. The van der Waals surface area contributed by atoms with Gasteiger partial charge in [0, 0.05) is 18.0 Å². The molecule has 5 heterocycles. The molecule has 0 fully saturated rings. The van der Waals surface area contributed by atoms with Crippen LogP contribution in [0.5, 0.6) is 0 Å². The fourth-order valence-corrected chi connectivity index (χ4v) is 3.42. The Morgan fingerprint density at radius 2 is 2.07 bits per heavy atom. The maximum Gasteiger partial charge on any atom is 0.338 e. The molecule has 150 valence electrons. The quantitative estimate of drug-likeness (QED) is 0.443. The van der Waals surface area contributed by atoms with Crippen molar-refractivity contribution >= 4 is 28.6 Å². The van der Waals surface area contributed by atoms with E-state index in [0.717, 1.165) is 0 Å². The molecule has 1 atom stereocenters. The first-order chi connectivity index (χ1) is 14.5. The molecule has 0 aromatic carbocycles. The molecule has 0 aliphatic carbocycles. The Kier molecular flexibility index (Phi) is 3.78. The number of hydrogen-bond acceptors (Lipinski definition) is 9. The second-order valence-corrected chi connectivity index (χ2v) is 6.72. The lowest BCUT2D eigenvalue weighted by Gasteiger charge is -2.27. The highest BCUT2D eigenvalue weighted by atomic mass is 16.5. The van der Waals surface area contributed by atoms with Gasteiger partial charge in [0.1, 0.15) is 0 Å². The Labute approximate surface area is 169 Å². The van der Waals surface area contributed by atoms with E-state index in [0.29, 0.717) is 33.8 Å². The van der Waals surface area contributed by atoms with E-state index in [2.05, 4.69) is 25.1 Å². The third kappa shape index (κ3) is 2.38. The molecular weight excluding hydrogens is 388 g/mol. The summed E-state index contributed by atoms with van der Waals surface area (Å²) < 4.78 is 13.3. The SMILES string of the molecule is COC(=O)C(C)(c1cccnc1)n1ncc2c1nc(N)n1nc(-c3ccco3)nc21. The molecule has 0 radical (unpaired) electrons. The number of fused-ring (bicyclic) bond motifs is 3. The zero-order chi connectivity index (χ0) is 20.9. The van der Waals surface area contributed by atoms with Crippen LogP contribution in [-0.4, -0.2) is 47.4 Å². The fraction of sp³-hybridized carbons (Fsp3) is 0.158. The minimum atomic E-state index is -1.33. The average molecular weight is 404 g/mol. The number of methoxy groups -OCH3 is 1. The van der Waals surface area contributed by atoms with Gasteiger partial charge in [0.05, 0.1) is 25.0 Å². The highest BCUT2D eigenvalue weighted by molar-refractivity contribution is 5.92. The number of rotatable bonds is 4. The lowest BCUT2D eigenvalue weighted by molar-refractivity contribution is -0.148. The summed E-state index contributed by atoms with van der Waals surface area (Å²) >= 11 is 0. The van der Waals surface area contributed by atoms with Gasteiger partial charge in [0.2, 0.25) is 11.8 Å². The molecule has 11 nitrogen and oxygen atoms in total. The molecule has 11 heteroatoms. The van der Waals surface area contributed by atoms with Crippen LogP contribution in [0, 0.1) is 0 Å². The number of nitrogen functional groups attached to an aromatic ring is 1. The van der Waals surface area contributed by atoms with Crippen molar-refractivity contribution in [3.8, 4) is 11.6 Å². The Hall–Kier alpha value is -4.28. The second kappa shape index (κ2) is 6.37. The van der Waals surface area contributed by atoms with Crippen LogP contribution in [0.3, 0.4) is 0 Å². The maximum absolute atomic E-state index is 12.9. The summed E-state index contributed by atoms with van der Waals surface area (Å²) in [5.74, 6) is 0.409. The van der Waals surface area contributed by atoms with Crippen molar-refractivity contribution in [1.82, 2.24) is 34.3 Å². The Morgan fingerprint density at radius 3 is 2.77 bits per heavy atom. The molecule has 5 rings (SSSR count). The summed E-state index contributed by atoms with van der Waals surface area (Å²) in [7, 11) is 1.32. The minimum absolute atomic E-state index is 0.0861. The van der Waals surface area contributed by atoms with E-state index in [4.69, 9.17) is 14.9 Å². The normalized spacial score (nSPS) is 13.5. The number of nitrogens with zero attached hydrogens (tertiary/aromatic N) is 7. The number of aromatic nitrogens is 7.